The minimum absolute atomic E-state index is 0.0276. The van der Waals surface area contributed by atoms with Gasteiger partial charge in [0.2, 0.25) is 0 Å². The third kappa shape index (κ3) is 1.81. The fraction of sp³-hybridized carbons (Fsp3) is 1.00. The molecule has 3 nitrogen and oxygen atoms in total. The fourth-order valence-electron chi connectivity index (χ4n) is 3.79. The summed E-state index contributed by atoms with van der Waals surface area (Å²) in [6, 6.07) is 0.817. The van der Waals surface area contributed by atoms with Gasteiger partial charge >= 0.3 is 0 Å². The second kappa shape index (κ2) is 4.04. The summed E-state index contributed by atoms with van der Waals surface area (Å²) in [4.78, 5) is 2.64. The van der Waals surface area contributed by atoms with Gasteiger partial charge < -0.3 is 10.4 Å². The molecule has 2 aliphatic heterocycles. The van der Waals surface area contributed by atoms with Crippen LogP contribution in [0.1, 0.15) is 25.7 Å². The van der Waals surface area contributed by atoms with E-state index in [9.17, 15) is 5.11 Å². The maximum Gasteiger partial charge on any atom is 0.0564 e. The Hall–Kier alpha value is -0.120. The second-order valence-electron chi connectivity index (χ2n) is 5.49. The van der Waals surface area contributed by atoms with Crippen LogP contribution in [0, 0.1) is 11.8 Å². The molecule has 0 unspecified atom stereocenters. The van der Waals surface area contributed by atoms with Crippen molar-refractivity contribution >= 4 is 0 Å². The molecule has 3 aliphatic rings. The summed E-state index contributed by atoms with van der Waals surface area (Å²) in [6.07, 6.45) is 4.76. The van der Waals surface area contributed by atoms with Gasteiger partial charge in [0.1, 0.15) is 0 Å². The van der Waals surface area contributed by atoms with Crippen molar-refractivity contribution in [2.24, 2.45) is 11.8 Å². The van der Waals surface area contributed by atoms with Gasteiger partial charge in [0.05, 0.1) is 6.10 Å². The van der Waals surface area contributed by atoms with Crippen LogP contribution < -0.4 is 5.32 Å². The average Bonchev–Trinajstić information content (AvgIpc) is 2.80. The summed E-state index contributed by atoms with van der Waals surface area (Å²) >= 11 is 0. The summed E-state index contributed by atoms with van der Waals surface area (Å²) < 4.78 is 0. The van der Waals surface area contributed by atoms with E-state index >= 15 is 0 Å². The standard InChI is InChI=1S/C12H22N2O/c15-10-3-5-14(6-4-10)12-2-1-9-7-13-8-11(9)12/h9-13,15H,1-8H2/t9-,11+,12+/m0/s1. The van der Waals surface area contributed by atoms with E-state index < -0.39 is 0 Å². The number of likely N-dealkylation sites (tertiary alicyclic amines) is 1. The van der Waals surface area contributed by atoms with Crippen molar-refractivity contribution in [2.75, 3.05) is 26.2 Å². The average molecular weight is 210 g/mol. The van der Waals surface area contributed by atoms with Crippen LogP contribution in [-0.4, -0.2) is 48.3 Å². The highest BCUT2D eigenvalue weighted by Crippen LogP contribution is 2.38. The first kappa shape index (κ1) is 10.1. The molecule has 0 aromatic heterocycles. The van der Waals surface area contributed by atoms with Crippen molar-refractivity contribution in [2.45, 2.75) is 37.8 Å². The Morgan fingerprint density at radius 2 is 1.80 bits per heavy atom. The molecule has 15 heavy (non-hydrogen) atoms. The van der Waals surface area contributed by atoms with Crippen molar-refractivity contribution in [1.82, 2.24) is 10.2 Å². The molecule has 2 N–H and O–H groups in total. The smallest absolute Gasteiger partial charge is 0.0564 e. The molecule has 1 saturated carbocycles. The van der Waals surface area contributed by atoms with Crippen molar-refractivity contribution in [3.05, 3.63) is 0 Å². The van der Waals surface area contributed by atoms with E-state index in [1.54, 1.807) is 0 Å². The molecule has 3 rings (SSSR count). The van der Waals surface area contributed by atoms with Gasteiger partial charge in [-0.25, -0.2) is 0 Å². The maximum atomic E-state index is 9.52. The number of piperidine rings is 1. The predicted octanol–water partition coefficient (Wildman–Crippen LogP) is 0.441. The van der Waals surface area contributed by atoms with E-state index in [0.29, 0.717) is 0 Å². The Morgan fingerprint density at radius 3 is 2.60 bits per heavy atom. The van der Waals surface area contributed by atoms with E-state index in [1.165, 1.54) is 25.9 Å². The van der Waals surface area contributed by atoms with E-state index in [4.69, 9.17) is 0 Å². The van der Waals surface area contributed by atoms with E-state index in [0.717, 1.165) is 43.8 Å². The molecule has 0 radical (unpaired) electrons. The molecule has 3 heteroatoms. The van der Waals surface area contributed by atoms with E-state index in [1.807, 2.05) is 0 Å². The minimum atomic E-state index is -0.0276. The number of hydrogen-bond donors (Lipinski definition) is 2. The summed E-state index contributed by atoms with van der Waals surface area (Å²) in [5.74, 6) is 1.85. The molecule has 0 aromatic carbocycles. The summed E-state index contributed by atoms with van der Waals surface area (Å²) in [5.41, 5.74) is 0. The quantitative estimate of drug-likeness (QED) is 0.659. The van der Waals surface area contributed by atoms with Gasteiger partial charge in [-0.05, 0) is 50.6 Å². The van der Waals surface area contributed by atoms with E-state index in [-0.39, 0.29) is 6.10 Å². The normalized spacial score (nSPS) is 43.4. The van der Waals surface area contributed by atoms with Crippen LogP contribution in [0.5, 0.6) is 0 Å². The van der Waals surface area contributed by atoms with E-state index in [2.05, 4.69) is 10.2 Å². The van der Waals surface area contributed by atoms with Crippen molar-refractivity contribution < 1.29 is 5.11 Å². The summed E-state index contributed by atoms with van der Waals surface area (Å²) in [6.45, 7) is 4.72. The number of hydrogen-bond acceptors (Lipinski definition) is 3. The van der Waals surface area contributed by atoms with Crippen LogP contribution in [-0.2, 0) is 0 Å². The number of nitrogens with one attached hydrogen (secondary N) is 1. The van der Waals surface area contributed by atoms with Crippen molar-refractivity contribution in [3.63, 3.8) is 0 Å². The zero-order valence-corrected chi connectivity index (χ0v) is 9.36. The molecular formula is C12H22N2O. The highest BCUT2D eigenvalue weighted by molar-refractivity contribution is 4.97. The van der Waals surface area contributed by atoms with Gasteiger partial charge in [-0.2, -0.15) is 0 Å². The van der Waals surface area contributed by atoms with Crippen molar-refractivity contribution in [3.8, 4) is 0 Å². The Bertz CT molecular complexity index is 226. The first-order valence-corrected chi connectivity index (χ1v) is 6.47. The first-order valence-electron chi connectivity index (χ1n) is 6.47. The van der Waals surface area contributed by atoms with Gasteiger partial charge in [0.25, 0.3) is 0 Å². The van der Waals surface area contributed by atoms with Crippen LogP contribution in [0.4, 0.5) is 0 Å². The number of aliphatic hydroxyl groups is 1. The monoisotopic (exact) mass is 210 g/mol. The molecule has 0 amide bonds. The van der Waals surface area contributed by atoms with Crippen LogP contribution in [0.2, 0.25) is 0 Å². The van der Waals surface area contributed by atoms with Gasteiger partial charge in [-0.1, -0.05) is 0 Å². The zero-order valence-electron chi connectivity index (χ0n) is 9.36. The lowest BCUT2D eigenvalue weighted by Crippen LogP contribution is -2.45. The fourth-order valence-corrected chi connectivity index (χ4v) is 3.79. The zero-order chi connectivity index (χ0) is 10.3. The lowest BCUT2D eigenvalue weighted by atomic mass is 9.95. The molecule has 3 atom stereocenters. The molecular weight excluding hydrogens is 188 g/mol. The van der Waals surface area contributed by atoms with Crippen LogP contribution in [0.3, 0.4) is 0 Å². The maximum absolute atomic E-state index is 9.52. The molecule has 1 aliphatic carbocycles. The van der Waals surface area contributed by atoms with Crippen LogP contribution in [0.25, 0.3) is 0 Å². The second-order valence-corrected chi connectivity index (χ2v) is 5.49. The predicted molar refractivity (Wildman–Crippen MR) is 59.7 cm³/mol. The first-order chi connectivity index (χ1) is 7.34. The van der Waals surface area contributed by atoms with Crippen LogP contribution in [0.15, 0.2) is 0 Å². The molecule has 0 spiro atoms. The molecule has 2 heterocycles. The van der Waals surface area contributed by atoms with Gasteiger partial charge in [0, 0.05) is 19.1 Å². The Kier molecular flexibility index (Phi) is 2.71. The Morgan fingerprint density at radius 1 is 1.00 bits per heavy atom. The largest absolute Gasteiger partial charge is 0.393 e. The number of aliphatic hydroxyl groups excluding tert-OH is 1. The van der Waals surface area contributed by atoms with Crippen molar-refractivity contribution in [1.29, 1.82) is 0 Å². The van der Waals surface area contributed by atoms with Gasteiger partial charge in [0.15, 0.2) is 0 Å². The lowest BCUT2D eigenvalue weighted by molar-refractivity contribution is 0.0505. The lowest BCUT2D eigenvalue weighted by Gasteiger charge is -2.37. The Balaban J connectivity index is 1.62. The molecule has 3 fully saturated rings. The minimum Gasteiger partial charge on any atom is -0.393 e. The number of fused-ring (bicyclic) bond motifs is 1. The van der Waals surface area contributed by atoms with Crippen LogP contribution >= 0.6 is 0 Å². The molecule has 0 aromatic rings. The highest BCUT2D eigenvalue weighted by atomic mass is 16.3. The summed E-state index contributed by atoms with van der Waals surface area (Å²) in [5, 5.41) is 13.0. The number of rotatable bonds is 1. The third-order valence-electron chi connectivity index (χ3n) is 4.69. The van der Waals surface area contributed by atoms with Gasteiger partial charge in [-0.3, -0.25) is 4.90 Å². The highest BCUT2D eigenvalue weighted by Gasteiger charge is 2.42. The van der Waals surface area contributed by atoms with Gasteiger partial charge in [-0.15, -0.1) is 0 Å². The molecule has 2 saturated heterocycles. The molecule has 86 valence electrons. The SMILES string of the molecule is OC1CCN([C@@H]2CC[C@H]3CNC[C@H]32)CC1. The Labute approximate surface area is 91.8 Å². The topological polar surface area (TPSA) is 35.5 Å². The third-order valence-corrected chi connectivity index (χ3v) is 4.69. The summed E-state index contributed by atoms with van der Waals surface area (Å²) in [7, 11) is 0. The number of nitrogens with zero attached hydrogens (tertiary/aromatic N) is 1. The molecule has 0 bridgehead atoms.